The molecule has 0 atom stereocenters. The van der Waals surface area contributed by atoms with Crippen LogP contribution in [0.3, 0.4) is 0 Å². The molecule has 1 saturated heterocycles. The number of esters is 1. The molecule has 1 aliphatic rings. The molecular weight excluding hydrogens is 354 g/mol. The lowest BCUT2D eigenvalue weighted by molar-refractivity contribution is 0.0601. The number of nitrogens with two attached hydrogens (primary N) is 1. The number of carbonyl (C=O) groups excluding carboxylic acids is 1. The number of aromatic nitrogens is 1. The highest BCUT2D eigenvalue weighted by molar-refractivity contribution is 5.97. The van der Waals surface area contributed by atoms with Crippen molar-refractivity contribution in [2.45, 2.75) is 32.7 Å². The number of carbonyl (C=O) groups is 1. The maximum atomic E-state index is 12.1. The van der Waals surface area contributed by atoms with E-state index in [9.17, 15) is 4.79 Å². The summed E-state index contributed by atoms with van der Waals surface area (Å²) >= 11 is 0. The second-order valence-electron chi connectivity index (χ2n) is 7.56. The van der Waals surface area contributed by atoms with Gasteiger partial charge in [-0.3, -0.25) is 0 Å². The van der Waals surface area contributed by atoms with Gasteiger partial charge in [-0.25, -0.2) is 9.78 Å². The Morgan fingerprint density at radius 1 is 1.32 bits per heavy atom. The standard InChI is InChI=1S/C22H29N3O3/c1-15(2)14-25(17-8-10-28-11-9-17)21-20(23)12-16(13-24-21)18-6-4-5-7-19(18)22(26)27-3/h4-7,12-13,15,17H,8-11,14,23H2,1-3H3. The summed E-state index contributed by atoms with van der Waals surface area (Å²) in [5.41, 5.74) is 9.14. The Balaban J connectivity index is 1.96. The number of anilines is 2. The van der Waals surface area contributed by atoms with Gasteiger partial charge in [0.05, 0.1) is 18.4 Å². The first-order chi connectivity index (χ1) is 13.5. The molecule has 2 aromatic rings. The minimum atomic E-state index is -0.373. The molecule has 0 radical (unpaired) electrons. The van der Waals surface area contributed by atoms with Crippen LogP contribution in [0.5, 0.6) is 0 Å². The van der Waals surface area contributed by atoms with Crippen LogP contribution < -0.4 is 10.6 Å². The van der Waals surface area contributed by atoms with Gasteiger partial charge in [0.2, 0.25) is 0 Å². The van der Waals surface area contributed by atoms with Gasteiger partial charge in [0.15, 0.2) is 5.82 Å². The van der Waals surface area contributed by atoms with E-state index in [2.05, 4.69) is 18.7 Å². The molecule has 0 saturated carbocycles. The molecule has 1 aliphatic heterocycles. The van der Waals surface area contributed by atoms with Gasteiger partial charge < -0.3 is 20.1 Å². The average molecular weight is 383 g/mol. The molecule has 0 spiro atoms. The van der Waals surface area contributed by atoms with Crippen LogP contribution >= 0.6 is 0 Å². The lowest BCUT2D eigenvalue weighted by Gasteiger charge is -2.37. The summed E-state index contributed by atoms with van der Waals surface area (Å²) in [5, 5.41) is 0. The number of nitrogens with zero attached hydrogens (tertiary/aromatic N) is 2. The third-order valence-corrected chi connectivity index (χ3v) is 5.00. The highest BCUT2D eigenvalue weighted by Gasteiger charge is 2.25. The number of benzene rings is 1. The van der Waals surface area contributed by atoms with Crippen LogP contribution in [0, 0.1) is 5.92 Å². The zero-order valence-corrected chi connectivity index (χ0v) is 16.9. The second-order valence-corrected chi connectivity index (χ2v) is 7.56. The Bertz CT molecular complexity index is 816. The van der Waals surface area contributed by atoms with E-state index in [0.717, 1.165) is 49.5 Å². The van der Waals surface area contributed by atoms with Gasteiger partial charge in [0.1, 0.15) is 0 Å². The SMILES string of the molecule is COC(=O)c1ccccc1-c1cnc(N(CC(C)C)C2CCOCC2)c(N)c1. The smallest absolute Gasteiger partial charge is 0.338 e. The maximum Gasteiger partial charge on any atom is 0.338 e. The molecule has 0 aliphatic carbocycles. The molecule has 6 nitrogen and oxygen atoms in total. The Labute approximate surface area is 166 Å². The van der Waals surface area contributed by atoms with E-state index < -0.39 is 0 Å². The number of methoxy groups -OCH3 is 1. The zero-order chi connectivity index (χ0) is 20.1. The van der Waals surface area contributed by atoms with Gasteiger partial charge in [0, 0.05) is 37.6 Å². The molecule has 0 bridgehead atoms. The first-order valence-electron chi connectivity index (χ1n) is 9.79. The Morgan fingerprint density at radius 3 is 2.68 bits per heavy atom. The van der Waals surface area contributed by atoms with Crippen LogP contribution in [0.2, 0.25) is 0 Å². The number of ether oxygens (including phenoxy) is 2. The number of rotatable bonds is 6. The fourth-order valence-electron chi connectivity index (χ4n) is 3.68. The fourth-order valence-corrected chi connectivity index (χ4v) is 3.68. The van der Waals surface area contributed by atoms with E-state index in [1.165, 1.54) is 7.11 Å². The predicted molar refractivity (Wildman–Crippen MR) is 111 cm³/mol. The van der Waals surface area contributed by atoms with E-state index in [1.807, 2.05) is 24.3 Å². The van der Waals surface area contributed by atoms with Crippen molar-refractivity contribution in [1.29, 1.82) is 0 Å². The Kier molecular flexibility index (Phi) is 6.52. The van der Waals surface area contributed by atoms with Crippen LogP contribution in [0.1, 0.15) is 37.0 Å². The van der Waals surface area contributed by atoms with Crippen LogP contribution in [0.4, 0.5) is 11.5 Å². The van der Waals surface area contributed by atoms with Crippen LogP contribution in [0.25, 0.3) is 11.1 Å². The van der Waals surface area contributed by atoms with Gasteiger partial charge >= 0.3 is 5.97 Å². The molecule has 150 valence electrons. The van der Waals surface area contributed by atoms with Gasteiger partial charge in [-0.2, -0.15) is 0 Å². The van der Waals surface area contributed by atoms with Crippen LogP contribution in [-0.2, 0) is 9.47 Å². The van der Waals surface area contributed by atoms with Crippen LogP contribution in [-0.4, -0.2) is 43.9 Å². The second kappa shape index (κ2) is 9.06. The van der Waals surface area contributed by atoms with E-state index in [-0.39, 0.29) is 5.97 Å². The minimum Gasteiger partial charge on any atom is -0.465 e. The van der Waals surface area contributed by atoms with Gasteiger partial charge in [0.25, 0.3) is 0 Å². The van der Waals surface area contributed by atoms with Crippen LogP contribution in [0.15, 0.2) is 36.5 Å². The van der Waals surface area contributed by atoms with E-state index in [1.54, 1.807) is 12.3 Å². The third-order valence-electron chi connectivity index (χ3n) is 5.00. The molecular formula is C22H29N3O3. The lowest BCUT2D eigenvalue weighted by Crippen LogP contribution is -2.42. The van der Waals surface area contributed by atoms with E-state index in [4.69, 9.17) is 20.2 Å². The van der Waals surface area contributed by atoms with Crippen molar-refractivity contribution in [2.75, 3.05) is 37.5 Å². The summed E-state index contributed by atoms with van der Waals surface area (Å²) in [6.07, 6.45) is 3.74. The molecule has 1 fully saturated rings. The number of nitrogen functional groups attached to an aromatic ring is 1. The molecule has 2 heterocycles. The molecule has 2 N–H and O–H groups in total. The monoisotopic (exact) mass is 383 g/mol. The summed E-state index contributed by atoms with van der Waals surface area (Å²) in [7, 11) is 1.38. The van der Waals surface area contributed by atoms with Crippen molar-refractivity contribution >= 4 is 17.5 Å². The fraction of sp³-hybridized carbons (Fsp3) is 0.455. The number of pyridine rings is 1. The third kappa shape index (κ3) is 4.44. The highest BCUT2D eigenvalue weighted by atomic mass is 16.5. The summed E-state index contributed by atoms with van der Waals surface area (Å²) in [6.45, 7) is 6.82. The average Bonchev–Trinajstić information content (AvgIpc) is 2.72. The molecule has 3 rings (SSSR count). The summed E-state index contributed by atoms with van der Waals surface area (Å²) < 4.78 is 10.4. The molecule has 1 aromatic carbocycles. The summed E-state index contributed by atoms with van der Waals surface area (Å²) in [6, 6.07) is 9.61. The van der Waals surface area contributed by atoms with Gasteiger partial charge in [-0.1, -0.05) is 32.0 Å². The molecule has 0 amide bonds. The Morgan fingerprint density at radius 2 is 2.04 bits per heavy atom. The maximum absolute atomic E-state index is 12.1. The van der Waals surface area contributed by atoms with Crippen molar-refractivity contribution in [3.05, 3.63) is 42.1 Å². The van der Waals surface area contributed by atoms with E-state index in [0.29, 0.717) is 23.2 Å². The normalized spacial score (nSPS) is 14.9. The summed E-state index contributed by atoms with van der Waals surface area (Å²) in [5.74, 6) is 0.922. The van der Waals surface area contributed by atoms with Crippen molar-refractivity contribution in [3.63, 3.8) is 0 Å². The highest BCUT2D eigenvalue weighted by Crippen LogP contribution is 2.32. The molecule has 28 heavy (non-hydrogen) atoms. The van der Waals surface area contributed by atoms with E-state index >= 15 is 0 Å². The minimum absolute atomic E-state index is 0.373. The zero-order valence-electron chi connectivity index (χ0n) is 16.9. The van der Waals surface area contributed by atoms with Gasteiger partial charge in [-0.05, 0) is 36.5 Å². The quantitative estimate of drug-likeness (QED) is 0.766. The van der Waals surface area contributed by atoms with Crippen molar-refractivity contribution in [3.8, 4) is 11.1 Å². The molecule has 6 heteroatoms. The molecule has 1 aromatic heterocycles. The number of hydrogen-bond donors (Lipinski definition) is 1. The van der Waals surface area contributed by atoms with Crippen molar-refractivity contribution in [1.82, 2.24) is 4.98 Å². The first-order valence-corrected chi connectivity index (χ1v) is 9.79. The number of hydrogen-bond acceptors (Lipinski definition) is 6. The summed E-state index contributed by atoms with van der Waals surface area (Å²) in [4.78, 5) is 19.1. The van der Waals surface area contributed by atoms with Gasteiger partial charge in [-0.15, -0.1) is 0 Å². The lowest BCUT2D eigenvalue weighted by atomic mass is 10.00. The predicted octanol–water partition coefficient (Wildman–Crippen LogP) is 3.76. The molecule has 0 unspecified atom stereocenters. The largest absolute Gasteiger partial charge is 0.465 e. The van der Waals surface area contributed by atoms with Crippen molar-refractivity contribution < 1.29 is 14.3 Å². The van der Waals surface area contributed by atoms with Crippen molar-refractivity contribution in [2.24, 2.45) is 5.92 Å². The first kappa shape index (κ1) is 20.1. The topological polar surface area (TPSA) is 77.7 Å². The Hall–Kier alpha value is -2.60.